The molecule has 1 aliphatic rings. The number of hydrogen-bond donors (Lipinski definition) is 0. The lowest BCUT2D eigenvalue weighted by molar-refractivity contribution is -0.123. The lowest BCUT2D eigenvalue weighted by Crippen LogP contribution is -2.57. The van der Waals surface area contributed by atoms with Gasteiger partial charge in [0, 0.05) is 23.8 Å². The fraction of sp³-hybridized carbons (Fsp3) is 0.278. The lowest BCUT2D eigenvalue weighted by Gasteiger charge is -2.38. The van der Waals surface area contributed by atoms with E-state index in [1.807, 2.05) is 6.92 Å². The molecular formula is C18H19ClN2O3S. The van der Waals surface area contributed by atoms with Gasteiger partial charge < -0.3 is 4.90 Å². The van der Waals surface area contributed by atoms with Gasteiger partial charge in [0.25, 0.3) is 0 Å². The van der Waals surface area contributed by atoms with Crippen LogP contribution in [0, 0.1) is 6.92 Å². The standard InChI is InChI=1S/C18H19ClN2O3S/c1-13-3-9-17(10-4-13)25(23,24)21-12-11-20(18(22)14(21)2)16-7-5-15(19)6-8-16/h3-10,14H,11-12H2,1-2H3/t14-/m0/s1. The van der Waals surface area contributed by atoms with Gasteiger partial charge in [-0.2, -0.15) is 4.31 Å². The highest BCUT2D eigenvalue weighted by molar-refractivity contribution is 7.89. The minimum atomic E-state index is -3.71. The average molecular weight is 379 g/mol. The quantitative estimate of drug-likeness (QED) is 0.824. The number of benzene rings is 2. The summed E-state index contributed by atoms with van der Waals surface area (Å²) in [5.74, 6) is -0.246. The normalized spacial score (nSPS) is 19.2. The fourth-order valence-corrected chi connectivity index (χ4v) is 4.61. The van der Waals surface area contributed by atoms with Crippen LogP contribution in [0.4, 0.5) is 5.69 Å². The monoisotopic (exact) mass is 378 g/mol. The summed E-state index contributed by atoms with van der Waals surface area (Å²) in [4.78, 5) is 14.5. The molecular weight excluding hydrogens is 360 g/mol. The molecule has 0 N–H and O–H groups in total. The molecule has 0 aromatic heterocycles. The van der Waals surface area contributed by atoms with Crippen LogP contribution in [0.5, 0.6) is 0 Å². The van der Waals surface area contributed by atoms with E-state index in [9.17, 15) is 13.2 Å². The SMILES string of the molecule is Cc1ccc(S(=O)(=O)N2CCN(c3ccc(Cl)cc3)C(=O)[C@@H]2C)cc1. The van der Waals surface area contributed by atoms with E-state index in [0.29, 0.717) is 17.3 Å². The summed E-state index contributed by atoms with van der Waals surface area (Å²) in [5.41, 5.74) is 1.70. The second-order valence-electron chi connectivity index (χ2n) is 6.07. The number of sulfonamides is 1. The summed E-state index contributed by atoms with van der Waals surface area (Å²) in [7, 11) is -3.71. The third-order valence-corrected chi connectivity index (χ3v) is 6.60. The maximum absolute atomic E-state index is 12.9. The zero-order valence-corrected chi connectivity index (χ0v) is 15.6. The van der Waals surface area contributed by atoms with Crippen molar-refractivity contribution in [3.63, 3.8) is 0 Å². The molecule has 25 heavy (non-hydrogen) atoms. The molecule has 2 aromatic rings. The molecule has 5 nitrogen and oxygen atoms in total. The van der Waals surface area contributed by atoms with Gasteiger partial charge in [0.1, 0.15) is 6.04 Å². The molecule has 0 radical (unpaired) electrons. The first-order chi connectivity index (χ1) is 11.8. The third kappa shape index (κ3) is 3.42. The van der Waals surface area contributed by atoms with Crippen molar-refractivity contribution in [3.8, 4) is 0 Å². The van der Waals surface area contributed by atoms with Gasteiger partial charge in [-0.1, -0.05) is 29.3 Å². The predicted octanol–water partition coefficient (Wildman–Crippen LogP) is 3.07. The van der Waals surface area contributed by atoms with Crippen LogP contribution in [0.1, 0.15) is 12.5 Å². The lowest BCUT2D eigenvalue weighted by atomic mass is 10.2. The number of rotatable bonds is 3. The summed E-state index contributed by atoms with van der Waals surface area (Å²) in [6.45, 7) is 4.06. The Morgan fingerprint density at radius 1 is 1.00 bits per heavy atom. The minimum absolute atomic E-state index is 0.206. The number of amides is 1. The molecule has 3 rings (SSSR count). The van der Waals surface area contributed by atoms with E-state index in [-0.39, 0.29) is 17.3 Å². The van der Waals surface area contributed by atoms with Crippen molar-refractivity contribution in [1.82, 2.24) is 4.31 Å². The third-order valence-electron chi connectivity index (χ3n) is 4.37. The molecule has 1 amide bonds. The van der Waals surface area contributed by atoms with Gasteiger partial charge in [-0.15, -0.1) is 0 Å². The van der Waals surface area contributed by atoms with Crippen LogP contribution in [0.3, 0.4) is 0 Å². The Balaban J connectivity index is 1.86. The molecule has 0 bridgehead atoms. The molecule has 132 valence electrons. The zero-order valence-electron chi connectivity index (χ0n) is 14.0. The van der Waals surface area contributed by atoms with Gasteiger partial charge in [-0.05, 0) is 50.2 Å². The molecule has 1 heterocycles. The second-order valence-corrected chi connectivity index (χ2v) is 8.40. The molecule has 1 atom stereocenters. The zero-order chi connectivity index (χ0) is 18.2. The minimum Gasteiger partial charge on any atom is -0.310 e. The van der Waals surface area contributed by atoms with Crippen molar-refractivity contribution in [1.29, 1.82) is 0 Å². The Labute approximate surface area is 152 Å². The van der Waals surface area contributed by atoms with Crippen molar-refractivity contribution in [2.45, 2.75) is 24.8 Å². The Hall–Kier alpha value is -1.89. The molecule has 0 aliphatic carbocycles. The number of hydrogen-bond acceptors (Lipinski definition) is 3. The summed E-state index contributed by atoms with van der Waals surface area (Å²) < 4.78 is 27.0. The van der Waals surface area contributed by atoms with Gasteiger partial charge in [0.2, 0.25) is 15.9 Å². The van der Waals surface area contributed by atoms with Crippen molar-refractivity contribution in [2.75, 3.05) is 18.0 Å². The van der Waals surface area contributed by atoms with Gasteiger partial charge >= 0.3 is 0 Å². The average Bonchev–Trinajstić information content (AvgIpc) is 2.58. The molecule has 2 aromatic carbocycles. The molecule has 0 spiro atoms. The topological polar surface area (TPSA) is 57.7 Å². The maximum atomic E-state index is 12.9. The van der Waals surface area contributed by atoms with Crippen molar-refractivity contribution < 1.29 is 13.2 Å². The molecule has 0 unspecified atom stereocenters. The van der Waals surface area contributed by atoms with Crippen LogP contribution in [0.25, 0.3) is 0 Å². The largest absolute Gasteiger partial charge is 0.310 e. The number of piperazine rings is 1. The van der Waals surface area contributed by atoms with E-state index in [0.717, 1.165) is 5.56 Å². The van der Waals surface area contributed by atoms with E-state index in [4.69, 9.17) is 11.6 Å². The highest BCUT2D eigenvalue weighted by Gasteiger charge is 2.39. The van der Waals surface area contributed by atoms with Crippen LogP contribution in [-0.2, 0) is 14.8 Å². The summed E-state index contributed by atoms with van der Waals surface area (Å²) in [6.07, 6.45) is 0. The van der Waals surface area contributed by atoms with E-state index in [2.05, 4.69) is 0 Å². The van der Waals surface area contributed by atoms with E-state index in [1.165, 1.54) is 4.31 Å². The summed E-state index contributed by atoms with van der Waals surface area (Å²) in [5, 5.41) is 0.588. The number of carbonyl (C=O) groups excluding carboxylic acids is 1. The highest BCUT2D eigenvalue weighted by atomic mass is 35.5. The van der Waals surface area contributed by atoms with Gasteiger partial charge in [0.05, 0.1) is 4.90 Å². The first kappa shape index (κ1) is 17.9. The number of nitrogens with zero attached hydrogens (tertiary/aromatic N) is 2. The maximum Gasteiger partial charge on any atom is 0.245 e. The van der Waals surface area contributed by atoms with Gasteiger partial charge in [-0.25, -0.2) is 8.42 Å². The molecule has 1 aliphatic heterocycles. The van der Waals surface area contributed by atoms with Gasteiger partial charge in [0.15, 0.2) is 0 Å². The van der Waals surface area contributed by atoms with Crippen molar-refractivity contribution in [3.05, 3.63) is 59.1 Å². The van der Waals surface area contributed by atoms with Crippen LogP contribution < -0.4 is 4.90 Å². The number of halogens is 1. The van der Waals surface area contributed by atoms with Crippen LogP contribution in [0.2, 0.25) is 5.02 Å². The van der Waals surface area contributed by atoms with Crippen molar-refractivity contribution in [2.24, 2.45) is 0 Å². The first-order valence-corrected chi connectivity index (χ1v) is 9.78. The smallest absolute Gasteiger partial charge is 0.245 e. The molecule has 0 saturated carbocycles. The Morgan fingerprint density at radius 2 is 1.60 bits per heavy atom. The van der Waals surface area contributed by atoms with Crippen LogP contribution >= 0.6 is 11.6 Å². The second kappa shape index (κ2) is 6.78. The predicted molar refractivity (Wildman–Crippen MR) is 98.3 cm³/mol. The van der Waals surface area contributed by atoms with E-state index >= 15 is 0 Å². The fourth-order valence-electron chi connectivity index (χ4n) is 2.90. The summed E-state index contributed by atoms with van der Waals surface area (Å²) in [6, 6.07) is 12.8. The Bertz CT molecular complexity index is 880. The molecule has 1 saturated heterocycles. The van der Waals surface area contributed by atoms with Gasteiger partial charge in [-0.3, -0.25) is 4.79 Å². The first-order valence-electron chi connectivity index (χ1n) is 7.96. The van der Waals surface area contributed by atoms with E-state index < -0.39 is 16.1 Å². The van der Waals surface area contributed by atoms with Crippen LogP contribution in [0.15, 0.2) is 53.4 Å². The van der Waals surface area contributed by atoms with Crippen molar-refractivity contribution >= 4 is 33.2 Å². The highest BCUT2D eigenvalue weighted by Crippen LogP contribution is 2.26. The molecule has 1 fully saturated rings. The van der Waals surface area contributed by atoms with Crippen LogP contribution in [-0.4, -0.2) is 37.8 Å². The number of aryl methyl sites for hydroxylation is 1. The molecule has 7 heteroatoms. The number of anilines is 1. The number of carbonyl (C=O) groups is 1. The van der Waals surface area contributed by atoms with E-state index in [1.54, 1.807) is 60.4 Å². The summed E-state index contributed by atoms with van der Waals surface area (Å²) >= 11 is 5.89. The Morgan fingerprint density at radius 3 is 2.20 bits per heavy atom. The Kier molecular flexibility index (Phi) is 4.86.